The van der Waals surface area contributed by atoms with Crippen molar-refractivity contribution in [3.8, 4) is 0 Å². The molecule has 1 fully saturated rings. The summed E-state index contributed by atoms with van der Waals surface area (Å²) in [6, 6.07) is 10.8. The van der Waals surface area contributed by atoms with Gasteiger partial charge in [0.15, 0.2) is 0 Å². The molecule has 2 unspecified atom stereocenters. The predicted octanol–water partition coefficient (Wildman–Crippen LogP) is 4.53. The first-order valence-corrected chi connectivity index (χ1v) is 6.74. The van der Waals surface area contributed by atoms with Crippen molar-refractivity contribution in [2.45, 2.75) is 38.5 Å². The van der Waals surface area contributed by atoms with Gasteiger partial charge in [-0.05, 0) is 36.3 Å². The van der Waals surface area contributed by atoms with Crippen LogP contribution in [0.1, 0.15) is 44.1 Å². The number of hydrogen-bond acceptors (Lipinski definition) is 1. The van der Waals surface area contributed by atoms with Crippen LogP contribution in [0.3, 0.4) is 0 Å². The second kappa shape index (κ2) is 4.48. The van der Waals surface area contributed by atoms with Gasteiger partial charge in [-0.2, -0.15) is 0 Å². The lowest BCUT2D eigenvalue weighted by Crippen LogP contribution is -1.89. The fraction of sp³-hybridized carbons (Fsp3) is 0.438. The molecule has 3 rings (SSSR count). The van der Waals surface area contributed by atoms with E-state index >= 15 is 0 Å². The van der Waals surface area contributed by atoms with Gasteiger partial charge in [0, 0.05) is 11.6 Å². The van der Waals surface area contributed by atoms with E-state index in [2.05, 4.69) is 36.2 Å². The predicted molar refractivity (Wildman–Crippen MR) is 72.1 cm³/mol. The first-order chi connectivity index (χ1) is 8.40. The van der Waals surface area contributed by atoms with E-state index in [4.69, 9.17) is 0 Å². The monoisotopic (exact) mass is 225 g/mol. The van der Waals surface area contributed by atoms with Crippen molar-refractivity contribution in [2.75, 3.05) is 0 Å². The second-order valence-corrected chi connectivity index (χ2v) is 5.17. The Morgan fingerprint density at radius 1 is 1.24 bits per heavy atom. The lowest BCUT2D eigenvalue weighted by molar-refractivity contribution is 0.640. The number of fused-ring (bicyclic) bond motifs is 1. The van der Waals surface area contributed by atoms with Crippen molar-refractivity contribution in [1.82, 2.24) is 4.98 Å². The highest BCUT2D eigenvalue weighted by molar-refractivity contribution is 5.82. The van der Waals surface area contributed by atoms with E-state index in [1.54, 1.807) is 0 Å². The highest BCUT2D eigenvalue weighted by Gasteiger charge is 2.38. The standard InChI is InChI=1S/C16H19N/c1-2-3-6-13-11-15(13)14-9-4-7-12-8-5-10-17-16(12)14/h4-5,7-10,13,15H,2-3,6,11H2,1H3. The molecule has 1 heteroatoms. The number of hydrogen-bond donors (Lipinski definition) is 0. The summed E-state index contributed by atoms with van der Waals surface area (Å²) in [6.45, 7) is 2.27. The molecule has 1 nitrogen and oxygen atoms in total. The molecule has 0 amide bonds. The maximum Gasteiger partial charge on any atom is 0.0736 e. The molecule has 2 aromatic rings. The van der Waals surface area contributed by atoms with Crippen LogP contribution in [0.2, 0.25) is 0 Å². The van der Waals surface area contributed by atoms with E-state index < -0.39 is 0 Å². The summed E-state index contributed by atoms with van der Waals surface area (Å²) < 4.78 is 0. The van der Waals surface area contributed by atoms with Gasteiger partial charge < -0.3 is 0 Å². The highest BCUT2D eigenvalue weighted by Crippen LogP contribution is 2.51. The first kappa shape index (κ1) is 10.8. The molecule has 1 aromatic heterocycles. The third kappa shape index (κ3) is 2.06. The average molecular weight is 225 g/mol. The molecule has 0 spiro atoms. The van der Waals surface area contributed by atoms with E-state index in [1.165, 1.54) is 42.1 Å². The minimum absolute atomic E-state index is 0.778. The molecule has 2 atom stereocenters. The average Bonchev–Trinajstić information content (AvgIpc) is 3.15. The zero-order valence-electron chi connectivity index (χ0n) is 10.4. The molecule has 0 radical (unpaired) electrons. The van der Waals surface area contributed by atoms with Gasteiger partial charge in [0.2, 0.25) is 0 Å². The van der Waals surface area contributed by atoms with Crippen molar-refractivity contribution in [2.24, 2.45) is 5.92 Å². The fourth-order valence-electron chi connectivity index (χ4n) is 2.84. The zero-order chi connectivity index (χ0) is 11.7. The molecule has 0 bridgehead atoms. The van der Waals surface area contributed by atoms with Gasteiger partial charge in [-0.3, -0.25) is 4.98 Å². The van der Waals surface area contributed by atoms with Crippen LogP contribution in [0.5, 0.6) is 0 Å². The maximum absolute atomic E-state index is 4.56. The van der Waals surface area contributed by atoms with Gasteiger partial charge in [-0.15, -0.1) is 0 Å². The molecule has 1 saturated carbocycles. The number of unbranched alkanes of at least 4 members (excludes halogenated alkanes) is 1. The quantitative estimate of drug-likeness (QED) is 0.745. The van der Waals surface area contributed by atoms with Gasteiger partial charge in [-0.25, -0.2) is 0 Å². The van der Waals surface area contributed by atoms with Gasteiger partial charge in [-0.1, -0.05) is 44.0 Å². The van der Waals surface area contributed by atoms with Crippen molar-refractivity contribution >= 4 is 10.9 Å². The van der Waals surface area contributed by atoms with Gasteiger partial charge >= 0.3 is 0 Å². The topological polar surface area (TPSA) is 12.9 Å². The van der Waals surface area contributed by atoms with Crippen LogP contribution in [-0.4, -0.2) is 4.98 Å². The summed E-state index contributed by atoms with van der Waals surface area (Å²) in [5.41, 5.74) is 2.70. The van der Waals surface area contributed by atoms with Gasteiger partial charge in [0.25, 0.3) is 0 Å². The van der Waals surface area contributed by atoms with Crippen molar-refractivity contribution in [1.29, 1.82) is 0 Å². The lowest BCUT2D eigenvalue weighted by Gasteiger charge is -2.04. The first-order valence-electron chi connectivity index (χ1n) is 6.74. The molecule has 1 heterocycles. The fourth-order valence-corrected chi connectivity index (χ4v) is 2.84. The highest BCUT2D eigenvalue weighted by atomic mass is 14.7. The number of para-hydroxylation sites is 1. The van der Waals surface area contributed by atoms with Gasteiger partial charge in [0.05, 0.1) is 5.52 Å². The number of nitrogens with zero attached hydrogens (tertiary/aromatic N) is 1. The number of rotatable bonds is 4. The molecule has 0 aliphatic heterocycles. The van der Waals surface area contributed by atoms with Crippen LogP contribution in [0.15, 0.2) is 36.5 Å². The second-order valence-electron chi connectivity index (χ2n) is 5.17. The number of aromatic nitrogens is 1. The summed E-state index contributed by atoms with van der Waals surface area (Å²) in [5.74, 6) is 1.70. The summed E-state index contributed by atoms with van der Waals surface area (Å²) in [4.78, 5) is 4.56. The van der Waals surface area contributed by atoms with E-state index in [0.29, 0.717) is 0 Å². The maximum atomic E-state index is 4.56. The van der Waals surface area contributed by atoms with E-state index in [9.17, 15) is 0 Å². The van der Waals surface area contributed by atoms with Crippen LogP contribution < -0.4 is 0 Å². The Morgan fingerprint density at radius 3 is 3.00 bits per heavy atom. The molecular formula is C16H19N. The Kier molecular flexibility index (Phi) is 2.84. The van der Waals surface area contributed by atoms with Crippen LogP contribution in [0.4, 0.5) is 0 Å². The van der Waals surface area contributed by atoms with Crippen molar-refractivity contribution < 1.29 is 0 Å². The Hall–Kier alpha value is -1.37. The molecule has 0 N–H and O–H groups in total. The van der Waals surface area contributed by atoms with Crippen molar-refractivity contribution in [3.63, 3.8) is 0 Å². The van der Waals surface area contributed by atoms with Gasteiger partial charge in [0.1, 0.15) is 0 Å². The normalized spacial score (nSPS) is 22.9. The third-order valence-electron chi connectivity index (χ3n) is 3.91. The van der Waals surface area contributed by atoms with Crippen LogP contribution in [-0.2, 0) is 0 Å². The Labute approximate surface area is 103 Å². The lowest BCUT2D eigenvalue weighted by atomic mass is 10.0. The van der Waals surface area contributed by atoms with Crippen LogP contribution in [0, 0.1) is 5.92 Å². The third-order valence-corrected chi connectivity index (χ3v) is 3.91. The van der Waals surface area contributed by atoms with Crippen LogP contribution in [0.25, 0.3) is 10.9 Å². The SMILES string of the molecule is CCCCC1CC1c1cccc2cccnc12. The Morgan fingerprint density at radius 2 is 2.12 bits per heavy atom. The number of benzene rings is 1. The minimum atomic E-state index is 0.778. The smallest absolute Gasteiger partial charge is 0.0736 e. The molecule has 1 aromatic carbocycles. The molecule has 17 heavy (non-hydrogen) atoms. The molecule has 88 valence electrons. The molecular weight excluding hydrogens is 206 g/mol. The Bertz CT molecular complexity index is 512. The number of pyridine rings is 1. The van der Waals surface area contributed by atoms with Crippen LogP contribution >= 0.6 is 0 Å². The Balaban J connectivity index is 1.87. The summed E-state index contributed by atoms with van der Waals surface area (Å²) in [5, 5.41) is 1.28. The summed E-state index contributed by atoms with van der Waals surface area (Å²) >= 11 is 0. The largest absolute Gasteiger partial charge is 0.256 e. The zero-order valence-corrected chi connectivity index (χ0v) is 10.4. The molecule has 1 aliphatic carbocycles. The summed E-state index contributed by atoms with van der Waals surface area (Å²) in [7, 11) is 0. The van der Waals surface area contributed by atoms with Crippen molar-refractivity contribution in [3.05, 3.63) is 42.1 Å². The van der Waals surface area contributed by atoms with E-state index in [0.717, 1.165) is 11.8 Å². The molecule has 0 saturated heterocycles. The van der Waals surface area contributed by atoms with E-state index in [1.807, 2.05) is 12.3 Å². The summed E-state index contributed by atoms with van der Waals surface area (Å²) in [6.07, 6.45) is 7.37. The minimum Gasteiger partial charge on any atom is -0.256 e. The van der Waals surface area contributed by atoms with E-state index in [-0.39, 0.29) is 0 Å². The molecule has 1 aliphatic rings.